The Balaban J connectivity index is 1.48. The maximum absolute atomic E-state index is 13.6. The predicted molar refractivity (Wildman–Crippen MR) is 99.8 cm³/mol. The third kappa shape index (κ3) is 3.13. The Bertz CT molecular complexity index is 989. The molecule has 0 aliphatic carbocycles. The minimum Gasteiger partial charge on any atom is -0.393 e. The van der Waals surface area contributed by atoms with Gasteiger partial charge in [0, 0.05) is 19.6 Å². The van der Waals surface area contributed by atoms with Gasteiger partial charge in [-0.15, -0.1) is 0 Å². The molecule has 1 atom stereocenters. The first-order valence-electron chi connectivity index (χ1n) is 9.45. The second-order valence-corrected chi connectivity index (χ2v) is 7.21. The van der Waals surface area contributed by atoms with E-state index in [0.717, 1.165) is 0 Å². The standard InChI is InChI=1S/C18H20FN7O2/c19-11-3-6-26(9-11)14-2-1-13-15(22-14)16(21-10-20-13)17-23-18(28-24-17)25-7-4-12(27)5-8-25/h1-2,10-12,27H,3-9H2. The molecular weight excluding hydrogens is 365 g/mol. The average molecular weight is 385 g/mol. The van der Waals surface area contributed by atoms with Crippen LogP contribution in [0.2, 0.25) is 0 Å². The number of fused-ring (bicyclic) bond motifs is 1. The fourth-order valence-electron chi connectivity index (χ4n) is 3.69. The van der Waals surface area contributed by atoms with E-state index in [9.17, 15) is 9.50 Å². The van der Waals surface area contributed by atoms with Crippen LogP contribution in [0.15, 0.2) is 23.0 Å². The molecule has 0 spiro atoms. The van der Waals surface area contributed by atoms with Gasteiger partial charge in [0.15, 0.2) is 0 Å². The van der Waals surface area contributed by atoms with Crippen molar-refractivity contribution < 1.29 is 14.0 Å². The lowest BCUT2D eigenvalue weighted by Gasteiger charge is -2.27. The van der Waals surface area contributed by atoms with E-state index in [1.165, 1.54) is 6.33 Å². The zero-order valence-electron chi connectivity index (χ0n) is 15.2. The predicted octanol–water partition coefficient (Wildman–Crippen LogP) is 1.58. The Morgan fingerprint density at radius 3 is 2.64 bits per heavy atom. The lowest BCUT2D eigenvalue weighted by atomic mass is 10.1. The third-order valence-corrected chi connectivity index (χ3v) is 5.28. The maximum Gasteiger partial charge on any atom is 0.324 e. The number of hydrogen-bond acceptors (Lipinski definition) is 9. The highest BCUT2D eigenvalue weighted by molar-refractivity contribution is 5.87. The molecule has 0 radical (unpaired) electrons. The molecule has 0 aromatic carbocycles. The normalized spacial score (nSPS) is 21.0. The van der Waals surface area contributed by atoms with Crippen molar-refractivity contribution in [2.24, 2.45) is 0 Å². The number of piperidine rings is 1. The molecule has 3 aromatic heterocycles. The summed E-state index contributed by atoms with van der Waals surface area (Å²) in [6.07, 6.45) is 2.19. The molecule has 10 heteroatoms. The van der Waals surface area contributed by atoms with Crippen LogP contribution in [0.1, 0.15) is 19.3 Å². The number of aliphatic hydroxyl groups is 1. The topological polar surface area (TPSA) is 104 Å². The molecule has 0 amide bonds. The van der Waals surface area contributed by atoms with Crippen LogP contribution in [0.25, 0.3) is 22.6 Å². The van der Waals surface area contributed by atoms with E-state index in [1.807, 2.05) is 21.9 Å². The summed E-state index contributed by atoms with van der Waals surface area (Å²) in [6, 6.07) is 4.10. The Labute approximate surface area is 160 Å². The summed E-state index contributed by atoms with van der Waals surface area (Å²) in [5, 5.41) is 13.7. The largest absolute Gasteiger partial charge is 0.393 e. The molecule has 2 fully saturated rings. The van der Waals surface area contributed by atoms with Crippen molar-refractivity contribution in [2.75, 3.05) is 36.0 Å². The number of aromatic nitrogens is 5. The van der Waals surface area contributed by atoms with Gasteiger partial charge in [0.1, 0.15) is 29.5 Å². The highest BCUT2D eigenvalue weighted by Gasteiger charge is 2.25. The highest BCUT2D eigenvalue weighted by atomic mass is 19.1. The number of alkyl halides is 1. The molecule has 28 heavy (non-hydrogen) atoms. The van der Waals surface area contributed by atoms with Gasteiger partial charge in [0.2, 0.25) is 5.82 Å². The second-order valence-electron chi connectivity index (χ2n) is 7.21. The van der Waals surface area contributed by atoms with Gasteiger partial charge in [-0.25, -0.2) is 19.3 Å². The number of rotatable bonds is 3. The van der Waals surface area contributed by atoms with E-state index in [1.54, 1.807) is 0 Å². The maximum atomic E-state index is 13.6. The van der Waals surface area contributed by atoms with Crippen LogP contribution in [0, 0.1) is 0 Å². The molecule has 146 valence electrons. The van der Waals surface area contributed by atoms with Crippen molar-refractivity contribution in [3.8, 4) is 11.5 Å². The van der Waals surface area contributed by atoms with Crippen LogP contribution < -0.4 is 9.80 Å². The van der Waals surface area contributed by atoms with Crippen LogP contribution in [-0.4, -0.2) is 68.7 Å². The summed E-state index contributed by atoms with van der Waals surface area (Å²) < 4.78 is 19.0. The van der Waals surface area contributed by atoms with E-state index in [0.29, 0.717) is 79.8 Å². The quantitative estimate of drug-likeness (QED) is 0.719. The van der Waals surface area contributed by atoms with E-state index in [4.69, 9.17) is 4.52 Å². The summed E-state index contributed by atoms with van der Waals surface area (Å²) in [6.45, 7) is 2.30. The van der Waals surface area contributed by atoms with Crippen LogP contribution in [0.5, 0.6) is 0 Å². The fourth-order valence-corrected chi connectivity index (χ4v) is 3.69. The van der Waals surface area contributed by atoms with Gasteiger partial charge >= 0.3 is 6.01 Å². The van der Waals surface area contributed by atoms with Gasteiger partial charge in [-0.05, 0) is 31.4 Å². The molecule has 1 N–H and O–H groups in total. The van der Waals surface area contributed by atoms with Gasteiger partial charge in [-0.3, -0.25) is 0 Å². The van der Waals surface area contributed by atoms with Crippen LogP contribution >= 0.6 is 0 Å². The lowest BCUT2D eigenvalue weighted by Crippen LogP contribution is -2.35. The van der Waals surface area contributed by atoms with Gasteiger partial charge in [0.25, 0.3) is 0 Å². The first-order chi connectivity index (χ1) is 13.7. The minimum absolute atomic E-state index is 0.276. The van der Waals surface area contributed by atoms with Crippen LogP contribution in [0.3, 0.4) is 0 Å². The summed E-state index contributed by atoms with van der Waals surface area (Å²) >= 11 is 0. The Morgan fingerprint density at radius 2 is 1.86 bits per heavy atom. The Hall–Kier alpha value is -2.88. The third-order valence-electron chi connectivity index (χ3n) is 5.28. The van der Waals surface area contributed by atoms with Crippen molar-refractivity contribution in [1.29, 1.82) is 0 Å². The Morgan fingerprint density at radius 1 is 1.04 bits per heavy atom. The zero-order chi connectivity index (χ0) is 19.1. The fraction of sp³-hybridized carbons (Fsp3) is 0.500. The zero-order valence-corrected chi connectivity index (χ0v) is 15.2. The number of halogens is 1. The summed E-state index contributed by atoms with van der Waals surface area (Å²) in [5.41, 5.74) is 1.70. The molecule has 1 unspecified atom stereocenters. The number of nitrogens with zero attached hydrogens (tertiary/aromatic N) is 7. The first kappa shape index (κ1) is 17.2. The van der Waals surface area contributed by atoms with Gasteiger partial charge < -0.3 is 19.4 Å². The Kier molecular flexibility index (Phi) is 4.27. The summed E-state index contributed by atoms with van der Waals surface area (Å²) in [4.78, 5) is 21.6. The molecule has 2 aliphatic rings. The SMILES string of the molecule is OC1CCN(c2nc(-c3ncnc4ccc(N5CCC(F)C5)nc34)no2)CC1. The summed E-state index contributed by atoms with van der Waals surface area (Å²) in [7, 11) is 0. The number of anilines is 2. The first-order valence-corrected chi connectivity index (χ1v) is 9.45. The molecule has 2 saturated heterocycles. The van der Waals surface area contributed by atoms with E-state index < -0.39 is 6.17 Å². The summed E-state index contributed by atoms with van der Waals surface area (Å²) in [5.74, 6) is 1.03. The number of hydrogen-bond donors (Lipinski definition) is 1. The van der Waals surface area contributed by atoms with E-state index in [2.05, 4.69) is 25.1 Å². The molecule has 5 heterocycles. The smallest absolute Gasteiger partial charge is 0.324 e. The molecular formula is C18H20FN7O2. The molecule has 9 nitrogen and oxygen atoms in total. The molecule has 0 saturated carbocycles. The van der Waals surface area contributed by atoms with Crippen molar-refractivity contribution in [3.05, 3.63) is 18.5 Å². The van der Waals surface area contributed by atoms with Crippen molar-refractivity contribution in [1.82, 2.24) is 25.1 Å². The van der Waals surface area contributed by atoms with Gasteiger partial charge in [-0.2, -0.15) is 4.98 Å². The highest BCUT2D eigenvalue weighted by Crippen LogP contribution is 2.28. The average Bonchev–Trinajstić information content (AvgIpc) is 3.37. The minimum atomic E-state index is -0.827. The van der Waals surface area contributed by atoms with E-state index >= 15 is 0 Å². The lowest BCUT2D eigenvalue weighted by molar-refractivity contribution is 0.143. The van der Waals surface area contributed by atoms with Crippen molar-refractivity contribution in [2.45, 2.75) is 31.5 Å². The molecule has 5 rings (SSSR count). The molecule has 2 aliphatic heterocycles. The van der Waals surface area contributed by atoms with Gasteiger partial charge in [-0.1, -0.05) is 5.16 Å². The number of pyridine rings is 1. The second kappa shape index (κ2) is 6.93. The number of aliphatic hydroxyl groups excluding tert-OH is 1. The molecule has 3 aromatic rings. The monoisotopic (exact) mass is 385 g/mol. The van der Waals surface area contributed by atoms with Crippen LogP contribution in [0.4, 0.5) is 16.2 Å². The van der Waals surface area contributed by atoms with Crippen molar-refractivity contribution in [3.63, 3.8) is 0 Å². The van der Waals surface area contributed by atoms with Gasteiger partial charge in [0.05, 0.1) is 18.2 Å². The van der Waals surface area contributed by atoms with E-state index in [-0.39, 0.29) is 6.10 Å². The van der Waals surface area contributed by atoms with Crippen molar-refractivity contribution >= 4 is 22.9 Å². The molecule has 0 bridgehead atoms. The van der Waals surface area contributed by atoms with Crippen LogP contribution in [-0.2, 0) is 0 Å².